The van der Waals surface area contributed by atoms with E-state index in [1.807, 2.05) is 18.2 Å². The second-order valence-electron chi connectivity index (χ2n) is 8.89. The Morgan fingerprint density at radius 2 is 1.70 bits per heavy atom. The summed E-state index contributed by atoms with van der Waals surface area (Å²) in [7, 11) is 0. The molecule has 33 heavy (non-hydrogen) atoms. The molecule has 0 bridgehead atoms. The topological polar surface area (TPSA) is 185 Å². The van der Waals surface area contributed by atoms with Crippen molar-refractivity contribution in [1.29, 1.82) is 0 Å². The average Bonchev–Trinajstić information content (AvgIpc) is 3.06. The molecule has 0 amide bonds. The van der Waals surface area contributed by atoms with E-state index in [9.17, 15) is 20.1 Å². The fourth-order valence-corrected chi connectivity index (χ4v) is 3.56. The maximum Gasteiger partial charge on any atom is 0.303 e. The van der Waals surface area contributed by atoms with Crippen molar-refractivity contribution in [2.45, 2.75) is 88.6 Å². The number of aliphatic carboxylic acids is 1. The van der Waals surface area contributed by atoms with E-state index in [1.165, 1.54) is 0 Å². The second-order valence-corrected chi connectivity index (χ2v) is 8.89. The number of carboxylic acids is 1. The second kappa shape index (κ2) is 18.1. The van der Waals surface area contributed by atoms with E-state index in [-0.39, 0.29) is 18.3 Å². The van der Waals surface area contributed by atoms with Crippen LogP contribution in [0.25, 0.3) is 0 Å². The van der Waals surface area contributed by atoms with Crippen molar-refractivity contribution in [3.8, 4) is 0 Å². The van der Waals surface area contributed by atoms with Crippen LogP contribution in [0.5, 0.6) is 0 Å². The Morgan fingerprint density at radius 1 is 1.06 bits per heavy atom. The number of carbonyl (C=O) groups is 1. The van der Waals surface area contributed by atoms with Crippen LogP contribution < -0.4 is 5.73 Å². The number of unbranched alkanes of at least 4 members (excludes halogenated alkanes) is 3. The quantitative estimate of drug-likeness (QED) is 0.125. The number of aliphatic hydroxyl groups excluding tert-OH is 6. The van der Waals surface area contributed by atoms with Gasteiger partial charge in [-0.05, 0) is 31.6 Å². The van der Waals surface area contributed by atoms with Gasteiger partial charge in [-0.3, -0.25) is 4.79 Å². The van der Waals surface area contributed by atoms with Crippen LogP contribution in [0, 0.1) is 11.8 Å². The van der Waals surface area contributed by atoms with Gasteiger partial charge >= 0.3 is 5.97 Å². The molecular formula is C24H45NO8. The Kier molecular flexibility index (Phi) is 17.3. The first-order chi connectivity index (χ1) is 15.6. The highest BCUT2D eigenvalue weighted by Crippen LogP contribution is 2.36. The van der Waals surface area contributed by atoms with Crippen molar-refractivity contribution in [3.05, 3.63) is 24.3 Å². The van der Waals surface area contributed by atoms with Gasteiger partial charge in [-0.1, -0.05) is 50.5 Å². The lowest BCUT2D eigenvalue weighted by molar-refractivity contribution is -0.137. The molecule has 0 aromatic heterocycles. The van der Waals surface area contributed by atoms with Crippen molar-refractivity contribution >= 4 is 5.97 Å². The molecule has 0 aromatic rings. The lowest BCUT2D eigenvalue weighted by Crippen LogP contribution is -2.50. The molecule has 9 N–H and O–H groups in total. The Morgan fingerprint density at radius 3 is 2.21 bits per heavy atom. The summed E-state index contributed by atoms with van der Waals surface area (Å²) >= 11 is 0. The van der Waals surface area contributed by atoms with Gasteiger partial charge in [-0.25, -0.2) is 0 Å². The zero-order valence-corrected chi connectivity index (χ0v) is 19.8. The van der Waals surface area contributed by atoms with Gasteiger partial charge in [0.25, 0.3) is 0 Å². The highest BCUT2D eigenvalue weighted by atomic mass is 16.4. The largest absolute Gasteiger partial charge is 0.481 e. The normalized spacial score (nSPS) is 24.2. The van der Waals surface area contributed by atoms with Gasteiger partial charge in [0.2, 0.25) is 0 Å². The lowest BCUT2D eigenvalue weighted by Gasteiger charge is -2.20. The smallest absolute Gasteiger partial charge is 0.303 e. The highest BCUT2D eigenvalue weighted by molar-refractivity contribution is 5.66. The summed E-state index contributed by atoms with van der Waals surface area (Å²) in [4.78, 5) is 10.5. The predicted octanol–water partition coefficient (Wildman–Crippen LogP) is 0.704. The van der Waals surface area contributed by atoms with Crippen LogP contribution in [0.15, 0.2) is 24.3 Å². The fourth-order valence-electron chi connectivity index (χ4n) is 3.56. The summed E-state index contributed by atoms with van der Waals surface area (Å²) in [6.45, 7) is 0.915. The van der Waals surface area contributed by atoms with Gasteiger partial charge in [0.1, 0.15) is 0 Å². The summed E-state index contributed by atoms with van der Waals surface area (Å²) in [5.41, 5.74) is 3.94. The van der Waals surface area contributed by atoms with E-state index >= 15 is 0 Å². The molecular weight excluding hydrogens is 430 g/mol. The maximum absolute atomic E-state index is 10.5. The molecule has 5 unspecified atom stereocenters. The molecule has 194 valence electrons. The third kappa shape index (κ3) is 13.8. The van der Waals surface area contributed by atoms with Crippen LogP contribution >= 0.6 is 0 Å². The van der Waals surface area contributed by atoms with E-state index in [1.54, 1.807) is 6.08 Å². The van der Waals surface area contributed by atoms with Crippen LogP contribution in [-0.4, -0.2) is 85.4 Å². The predicted molar refractivity (Wildman–Crippen MR) is 126 cm³/mol. The van der Waals surface area contributed by atoms with Crippen molar-refractivity contribution in [2.75, 3.05) is 19.8 Å². The Labute approximate surface area is 197 Å². The van der Waals surface area contributed by atoms with Crippen molar-refractivity contribution in [3.63, 3.8) is 0 Å². The Balaban J connectivity index is 0.00000109. The summed E-state index contributed by atoms with van der Waals surface area (Å²) in [6.07, 6.45) is 12.3. The van der Waals surface area contributed by atoms with E-state index in [4.69, 9.17) is 26.2 Å². The zero-order valence-electron chi connectivity index (χ0n) is 19.8. The number of hydrogen-bond donors (Lipinski definition) is 8. The zero-order chi connectivity index (χ0) is 25.3. The molecule has 1 rings (SSSR count). The standard InChI is InChI=1S/C20H34O5.C4H11NO3/c1-2-3-6-9-15(21)12-13-17-16(18(22)14-19(17)23)10-7-4-5-8-11-20(24)25;5-4(1-6,2-7)3-8/h4,7,12-13,15-19,21-23H,2-3,5-6,8-11,14H2,1H3,(H,24,25);6-8H,1-3,5H2/b7-4-,13-12+;. The van der Waals surface area contributed by atoms with Gasteiger partial charge in [0.15, 0.2) is 0 Å². The average molecular weight is 476 g/mol. The van der Waals surface area contributed by atoms with Crippen molar-refractivity contribution in [1.82, 2.24) is 0 Å². The van der Waals surface area contributed by atoms with Crippen LogP contribution in [0.2, 0.25) is 0 Å². The van der Waals surface area contributed by atoms with Crippen molar-refractivity contribution in [2.24, 2.45) is 17.6 Å². The minimum absolute atomic E-state index is 0.0650. The van der Waals surface area contributed by atoms with E-state index in [0.29, 0.717) is 25.7 Å². The van der Waals surface area contributed by atoms with Crippen LogP contribution in [0.4, 0.5) is 0 Å². The lowest BCUT2D eigenvalue weighted by atomic mass is 9.89. The van der Waals surface area contributed by atoms with Crippen LogP contribution in [-0.2, 0) is 4.79 Å². The Hall–Kier alpha value is -1.33. The molecule has 5 atom stereocenters. The van der Waals surface area contributed by atoms with E-state index in [0.717, 1.165) is 25.7 Å². The molecule has 0 spiro atoms. The molecule has 9 heteroatoms. The molecule has 1 aliphatic rings. The molecule has 1 aliphatic carbocycles. The van der Waals surface area contributed by atoms with Crippen LogP contribution in [0.1, 0.15) is 64.7 Å². The molecule has 0 heterocycles. The molecule has 0 radical (unpaired) electrons. The summed E-state index contributed by atoms with van der Waals surface area (Å²) < 4.78 is 0. The number of rotatable bonds is 15. The summed E-state index contributed by atoms with van der Waals surface area (Å²) in [5.74, 6) is -1.00. The van der Waals surface area contributed by atoms with E-state index in [2.05, 4.69) is 6.92 Å². The third-order valence-corrected chi connectivity index (χ3v) is 5.86. The number of aliphatic hydroxyl groups is 6. The Bertz CT molecular complexity index is 556. The van der Waals surface area contributed by atoms with Gasteiger partial charge in [0.05, 0.1) is 43.7 Å². The van der Waals surface area contributed by atoms with Crippen molar-refractivity contribution < 1.29 is 40.5 Å². The van der Waals surface area contributed by atoms with Gasteiger partial charge in [0, 0.05) is 18.8 Å². The van der Waals surface area contributed by atoms with E-state index < -0.39 is 49.6 Å². The summed E-state index contributed by atoms with van der Waals surface area (Å²) in [5, 5.41) is 64.0. The first kappa shape index (κ1) is 31.7. The minimum atomic E-state index is -1.21. The third-order valence-electron chi connectivity index (χ3n) is 5.86. The molecule has 1 saturated carbocycles. The number of carboxylic acid groups (broad SMARTS) is 1. The molecule has 0 aromatic carbocycles. The van der Waals surface area contributed by atoms with Gasteiger partial charge < -0.3 is 41.5 Å². The summed E-state index contributed by atoms with van der Waals surface area (Å²) in [6, 6.07) is 0. The SMILES string of the molecule is CCCCCC(O)/C=C/C1C(O)CC(O)C1C/C=C\CCCC(=O)O.NC(CO)(CO)CO. The van der Waals surface area contributed by atoms with Gasteiger partial charge in [-0.15, -0.1) is 0 Å². The van der Waals surface area contributed by atoms with Gasteiger partial charge in [-0.2, -0.15) is 0 Å². The number of hydrogen-bond acceptors (Lipinski definition) is 8. The molecule has 0 aliphatic heterocycles. The maximum atomic E-state index is 10.5. The number of nitrogens with two attached hydrogens (primary N) is 1. The molecule has 1 fully saturated rings. The number of allylic oxidation sites excluding steroid dienone is 2. The first-order valence-electron chi connectivity index (χ1n) is 11.8. The first-order valence-corrected chi connectivity index (χ1v) is 11.8. The fraction of sp³-hybridized carbons (Fsp3) is 0.792. The minimum Gasteiger partial charge on any atom is -0.481 e. The molecule has 0 saturated heterocycles. The van der Waals surface area contributed by atoms with Crippen LogP contribution in [0.3, 0.4) is 0 Å². The highest BCUT2D eigenvalue weighted by Gasteiger charge is 2.39. The monoisotopic (exact) mass is 475 g/mol. The molecule has 9 nitrogen and oxygen atoms in total.